The van der Waals surface area contributed by atoms with Gasteiger partial charge in [-0.3, -0.25) is 0 Å². The van der Waals surface area contributed by atoms with Gasteiger partial charge in [0.1, 0.15) is 0 Å². The minimum absolute atomic E-state index is 0.283. The highest BCUT2D eigenvalue weighted by molar-refractivity contribution is 7.89. The Morgan fingerprint density at radius 2 is 2.05 bits per heavy atom. The number of carboxylic acid groups (broad SMARTS) is 1. The lowest BCUT2D eigenvalue weighted by Gasteiger charge is -2.14. The average molecular weight is 288 g/mol. The van der Waals surface area contributed by atoms with Crippen LogP contribution in [0.2, 0.25) is 0 Å². The highest BCUT2D eigenvalue weighted by Crippen LogP contribution is 2.13. The van der Waals surface area contributed by atoms with Crippen LogP contribution >= 0.6 is 0 Å². The van der Waals surface area contributed by atoms with E-state index in [0.29, 0.717) is 6.54 Å². The molecule has 2 heterocycles. The summed E-state index contributed by atoms with van der Waals surface area (Å²) in [6.07, 6.45) is 2.29. The Morgan fingerprint density at radius 1 is 1.37 bits per heavy atom. The van der Waals surface area contributed by atoms with Crippen LogP contribution in [-0.2, 0) is 10.0 Å². The van der Waals surface area contributed by atoms with E-state index >= 15 is 0 Å². The number of hydrogen-bond acceptors (Lipinski definition) is 5. The molecule has 19 heavy (non-hydrogen) atoms. The van der Waals surface area contributed by atoms with E-state index in [1.165, 1.54) is 0 Å². The standard InChI is InChI=1S/C11H16N2O5S/c14-11(15)9-3-4-10(18-9)19(16,17)12-5-8-13-6-1-2-7-13/h3-4,12H,1-2,5-8H2,(H,14,15). The van der Waals surface area contributed by atoms with Crippen molar-refractivity contribution in [2.24, 2.45) is 0 Å². The number of sulfonamides is 1. The van der Waals surface area contributed by atoms with Crippen LogP contribution in [0.3, 0.4) is 0 Å². The first-order chi connectivity index (χ1) is 8.99. The molecule has 0 aromatic carbocycles. The Bertz CT molecular complexity index is 545. The van der Waals surface area contributed by atoms with Gasteiger partial charge in [-0.1, -0.05) is 0 Å². The van der Waals surface area contributed by atoms with Crippen LogP contribution in [0.5, 0.6) is 0 Å². The molecular formula is C11H16N2O5S. The monoisotopic (exact) mass is 288 g/mol. The summed E-state index contributed by atoms with van der Waals surface area (Å²) in [5, 5.41) is 8.30. The zero-order chi connectivity index (χ0) is 13.9. The maximum Gasteiger partial charge on any atom is 0.371 e. The molecule has 1 aliphatic heterocycles. The van der Waals surface area contributed by atoms with Crippen molar-refractivity contribution < 1.29 is 22.7 Å². The molecule has 2 N–H and O–H groups in total. The zero-order valence-electron chi connectivity index (χ0n) is 10.3. The van der Waals surface area contributed by atoms with E-state index in [1.807, 2.05) is 0 Å². The molecule has 0 radical (unpaired) electrons. The van der Waals surface area contributed by atoms with Crippen LogP contribution in [0, 0.1) is 0 Å². The Labute approximate surface area is 111 Å². The molecule has 0 saturated carbocycles. The maximum atomic E-state index is 11.8. The van der Waals surface area contributed by atoms with Crippen molar-refractivity contribution in [3.05, 3.63) is 17.9 Å². The molecule has 7 nitrogen and oxygen atoms in total. The van der Waals surface area contributed by atoms with Gasteiger partial charge in [-0.05, 0) is 38.1 Å². The molecule has 0 bridgehead atoms. The molecule has 1 aromatic rings. The molecule has 0 aliphatic carbocycles. The molecule has 0 atom stereocenters. The average Bonchev–Trinajstić information content (AvgIpc) is 2.99. The minimum atomic E-state index is -3.77. The molecule has 1 fully saturated rings. The van der Waals surface area contributed by atoms with Crippen molar-refractivity contribution in [1.29, 1.82) is 0 Å². The number of nitrogens with one attached hydrogen (secondary N) is 1. The predicted octanol–water partition coefficient (Wildman–Crippen LogP) is 0.352. The summed E-state index contributed by atoms with van der Waals surface area (Å²) < 4.78 is 30.8. The summed E-state index contributed by atoms with van der Waals surface area (Å²) in [4.78, 5) is 12.8. The van der Waals surface area contributed by atoms with Gasteiger partial charge in [-0.25, -0.2) is 17.9 Å². The molecule has 0 amide bonds. The smallest absolute Gasteiger partial charge is 0.371 e. The predicted molar refractivity (Wildman–Crippen MR) is 66.5 cm³/mol. The summed E-state index contributed by atoms with van der Waals surface area (Å²) in [6, 6.07) is 2.26. The summed E-state index contributed by atoms with van der Waals surface area (Å²) in [6.45, 7) is 2.91. The van der Waals surface area contributed by atoms with Crippen LogP contribution in [0.25, 0.3) is 0 Å². The Morgan fingerprint density at radius 3 is 2.63 bits per heavy atom. The van der Waals surface area contributed by atoms with E-state index < -0.39 is 16.0 Å². The maximum absolute atomic E-state index is 11.8. The van der Waals surface area contributed by atoms with E-state index in [9.17, 15) is 13.2 Å². The summed E-state index contributed by atoms with van der Waals surface area (Å²) >= 11 is 0. The van der Waals surface area contributed by atoms with Crippen molar-refractivity contribution in [2.45, 2.75) is 17.9 Å². The van der Waals surface area contributed by atoms with Gasteiger partial charge in [0.2, 0.25) is 10.9 Å². The number of furan rings is 1. The number of carbonyl (C=O) groups is 1. The lowest BCUT2D eigenvalue weighted by atomic mass is 10.4. The lowest BCUT2D eigenvalue weighted by Crippen LogP contribution is -2.33. The fraction of sp³-hybridized carbons (Fsp3) is 0.545. The number of likely N-dealkylation sites (tertiary alicyclic amines) is 1. The van der Waals surface area contributed by atoms with Gasteiger partial charge < -0.3 is 14.4 Å². The first kappa shape index (κ1) is 14.0. The van der Waals surface area contributed by atoms with E-state index in [4.69, 9.17) is 9.52 Å². The van der Waals surface area contributed by atoms with Gasteiger partial charge in [0, 0.05) is 13.1 Å². The number of aromatic carboxylic acids is 1. The summed E-state index contributed by atoms with van der Waals surface area (Å²) in [7, 11) is -3.77. The quantitative estimate of drug-likeness (QED) is 0.783. The fourth-order valence-electron chi connectivity index (χ4n) is 1.99. The molecule has 106 valence electrons. The van der Waals surface area contributed by atoms with Gasteiger partial charge in [0.15, 0.2) is 0 Å². The molecule has 8 heteroatoms. The van der Waals surface area contributed by atoms with Crippen molar-refractivity contribution in [2.75, 3.05) is 26.2 Å². The molecule has 0 spiro atoms. The summed E-state index contributed by atoms with van der Waals surface area (Å²) in [5.74, 6) is -1.68. The number of hydrogen-bond donors (Lipinski definition) is 2. The topological polar surface area (TPSA) is 99.8 Å². The lowest BCUT2D eigenvalue weighted by molar-refractivity contribution is 0.0656. The van der Waals surface area contributed by atoms with Crippen molar-refractivity contribution in [1.82, 2.24) is 9.62 Å². The van der Waals surface area contributed by atoms with Crippen molar-refractivity contribution >= 4 is 16.0 Å². The second-order valence-electron chi connectivity index (χ2n) is 4.37. The molecule has 1 saturated heterocycles. The second kappa shape index (κ2) is 5.72. The summed E-state index contributed by atoms with van der Waals surface area (Å²) in [5.41, 5.74) is 0. The molecular weight excluding hydrogens is 272 g/mol. The first-order valence-corrected chi connectivity index (χ1v) is 7.52. The minimum Gasteiger partial charge on any atom is -0.475 e. The SMILES string of the molecule is O=C(O)c1ccc(S(=O)(=O)NCCN2CCCC2)o1. The third-order valence-electron chi connectivity index (χ3n) is 2.98. The van der Waals surface area contributed by atoms with Gasteiger partial charge in [0.25, 0.3) is 10.0 Å². The molecule has 0 unspecified atom stereocenters. The van der Waals surface area contributed by atoms with Crippen LogP contribution < -0.4 is 4.72 Å². The zero-order valence-corrected chi connectivity index (χ0v) is 11.1. The second-order valence-corrected chi connectivity index (χ2v) is 6.07. The van der Waals surface area contributed by atoms with Gasteiger partial charge in [0.05, 0.1) is 0 Å². The van der Waals surface area contributed by atoms with Gasteiger partial charge in [-0.15, -0.1) is 0 Å². The largest absolute Gasteiger partial charge is 0.475 e. The van der Waals surface area contributed by atoms with E-state index in [1.54, 1.807) is 0 Å². The Hall–Kier alpha value is -1.38. The van der Waals surface area contributed by atoms with Crippen molar-refractivity contribution in [3.63, 3.8) is 0 Å². The number of nitrogens with zero attached hydrogens (tertiary/aromatic N) is 1. The van der Waals surface area contributed by atoms with Crippen LogP contribution in [0.15, 0.2) is 21.6 Å². The van der Waals surface area contributed by atoms with Crippen LogP contribution in [0.1, 0.15) is 23.4 Å². The molecule has 1 aromatic heterocycles. The van der Waals surface area contributed by atoms with Gasteiger partial charge >= 0.3 is 5.97 Å². The highest BCUT2D eigenvalue weighted by atomic mass is 32.2. The Kier molecular flexibility index (Phi) is 4.23. The molecule has 2 rings (SSSR count). The third kappa shape index (κ3) is 3.55. The van der Waals surface area contributed by atoms with Gasteiger partial charge in [-0.2, -0.15) is 0 Å². The van der Waals surface area contributed by atoms with Crippen LogP contribution in [0.4, 0.5) is 0 Å². The number of rotatable bonds is 6. The Balaban J connectivity index is 1.91. The first-order valence-electron chi connectivity index (χ1n) is 6.04. The fourth-order valence-corrected chi connectivity index (χ4v) is 2.94. The van der Waals surface area contributed by atoms with Crippen LogP contribution in [-0.4, -0.2) is 50.6 Å². The van der Waals surface area contributed by atoms with E-state index in [2.05, 4.69) is 9.62 Å². The van der Waals surface area contributed by atoms with E-state index in [0.717, 1.165) is 38.1 Å². The normalized spacial score (nSPS) is 16.8. The third-order valence-corrected chi connectivity index (χ3v) is 4.31. The molecule has 1 aliphatic rings. The van der Waals surface area contributed by atoms with E-state index in [-0.39, 0.29) is 17.4 Å². The highest BCUT2D eigenvalue weighted by Gasteiger charge is 2.21. The van der Waals surface area contributed by atoms with Crippen molar-refractivity contribution in [3.8, 4) is 0 Å². The number of carboxylic acids is 1.